The third-order valence-corrected chi connectivity index (χ3v) is 4.46. The SMILES string of the molecule is Cc1cc(C(=O)N[C@H]2CC[C@H](NCC(F)(F)F)CC2)nc(-n2ccnc2)n1. The van der Waals surface area contributed by atoms with Gasteiger partial charge in [0.15, 0.2) is 0 Å². The maximum absolute atomic E-state index is 12.5. The van der Waals surface area contributed by atoms with Crippen molar-refractivity contribution in [2.75, 3.05) is 6.54 Å². The van der Waals surface area contributed by atoms with Gasteiger partial charge in [-0.1, -0.05) is 0 Å². The number of carbonyl (C=O) groups is 1. The molecule has 0 aliphatic heterocycles. The van der Waals surface area contributed by atoms with Crippen molar-refractivity contribution >= 4 is 5.91 Å². The zero-order valence-corrected chi connectivity index (χ0v) is 14.8. The molecule has 2 aromatic heterocycles. The van der Waals surface area contributed by atoms with Crippen LogP contribution in [0.2, 0.25) is 0 Å². The van der Waals surface area contributed by atoms with Crippen LogP contribution in [-0.2, 0) is 0 Å². The van der Waals surface area contributed by atoms with E-state index in [4.69, 9.17) is 0 Å². The fourth-order valence-corrected chi connectivity index (χ4v) is 3.12. The van der Waals surface area contributed by atoms with Crippen molar-refractivity contribution < 1.29 is 18.0 Å². The number of aryl methyl sites for hydroxylation is 1. The summed E-state index contributed by atoms with van der Waals surface area (Å²) in [5.41, 5.74) is 0.905. The summed E-state index contributed by atoms with van der Waals surface area (Å²) in [7, 11) is 0. The zero-order valence-electron chi connectivity index (χ0n) is 14.8. The van der Waals surface area contributed by atoms with Gasteiger partial charge in [-0.2, -0.15) is 13.2 Å². The van der Waals surface area contributed by atoms with E-state index in [1.807, 2.05) is 0 Å². The van der Waals surface area contributed by atoms with Gasteiger partial charge in [0, 0.05) is 30.2 Å². The molecule has 0 unspecified atom stereocenters. The second kappa shape index (κ2) is 8.03. The molecular formula is C17H21F3N6O. The number of rotatable bonds is 5. The first kappa shape index (κ1) is 19.3. The van der Waals surface area contributed by atoms with Crippen LogP contribution in [0.25, 0.3) is 5.95 Å². The van der Waals surface area contributed by atoms with E-state index in [0.29, 0.717) is 37.3 Å². The Hall–Kier alpha value is -2.49. The normalized spacial score (nSPS) is 20.4. The largest absolute Gasteiger partial charge is 0.401 e. The number of nitrogens with zero attached hydrogens (tertiary/aromatic N) is 4. The maximum Gasteiger partial charge on any atom is 0.401 e. The maximum atomic E-state index is 12.5. The number of carbonyl (C=O) groups excluding carboxylic acids is 1. The number of amides is 1. The Morgan fingerprint density at radius 1 is 1.22 bits per heavy atom. The summed E-state index contributed by atoms with van der Waals surface area (Å²) in [5, 5.41) is 5.45. The number of alkyl halides is 3. The van der Waals surface area contributed by atoms with Crippen molar-refractivity contribution in [1.29, 1.82) is 0 Å². The highest BCUT2D eigenvalue weighted by Gasteiger charge is 2.30. The zero-order chi connectivity index (χ0) is 19.4. The molecule has 10 heteroatoms. The smallest absolute Gasteiger partial charge is 0.348 e. The van der Waals surface area contributed by atoms with E-state index in [0.717, 1.165) is 0 Å². The molecular weight excluding hydrogens is 361 g/mol. The van der Waals surface area contributed by atoms with Crippen LogP contribution >= 0.6 is 0 Å². The van der Waals surface area contributed by atoms with Gasteiger partial charge >= 0.3 is 6.18 Å². The van der Waals surface area contributed by atoms with Crippen LogP contribution in [0.1, 0.15) is 41.9 Å². The fraction of sp³-hybridized carbons (Fsp3) is 0.529. The summed E-state index contributed by atoms with van der Waals surface area (Å²) in [5.74, 6) is 0.0475. The quantitative estimate of drug-likeness (QED) is 0.828. The van der Waals surface area contributed by atoms with Crippen LogP contribution in [0.15, 0.2) is 24.8 Å². The second-order valence-corrected chi connectivity index (χ2v) is 6.68. The number of hydrogen-bond acceptors (Lipinski definition) is 5. The molecule has 1 amide bonds. The molecule has 3 rings (SSSR count). The molecule has 1 aliphatic rings. The number of halogens is 3. The predicted molar refractivity (Wildman–Crippen MR) is 91.5 cm³/mol. The summed E-state index contributed by atoms with van der Waals surface area (Å²) in [6, 6.07) is 1.36. The van der Waals surface area contributed by atoms with E-state index < -0.39 is 12.7 Å². The van der Waals surface area contributed by atoms with Crippen molar-refractivity contribution in [1.82, 2.24) is 30.2 Å². The minimum Gasteiger partial charge on any atom is -0.348 e. The average molecular weight is 382 g/mol. The van der Waals surface area contributed by atoms with Gasteiger partial charge in [0.1, 0.15) is 12.0 Å². The van der Waals surface area contributed by atoms with Gasteiger partial charge in [-0.05, 0) is 38.7 Å². The lowest BCUT2D eigenvalue weighted by atomic mass is 9.91. The minimum atomic E-state index is -4.21. The van der Waals surface area contributed by atoms with Gasteiger partial charge in [0.25, 0.3) is 5.91 Å². The van der Waals surface area contributed by atoms with E-state index in [1.165, 1.54) is 0 Å². The van der Waals surface area contributed by atoms with E-state index in [1.54, 1.807) is 36.3 Å². The molecule has 0 atom stereocenters. The number of aromatic nitrogens is 4. The molecule has 7 nitrogen and oxygen atoms in total. The van der Waals surface area contributed by atoms with E-state index in [9.17, 15) is 18.0 Å². The molecule has 0 saturated heterocycles. The monoisotopic (exact) mass is 382 g/mol. The molecule has 2 heterocycles. The molecule has 146 valence electrons. The highest BCUT2D eigenvalue weighted by atomic mass is 19.4. The first-order valence-electron chi connectivity index (χ1n) is 8.75. The van der Waals surface area contributed by atoms with E-state index in [-0.39, 0.29) is 23.7 Å². The molecule has 2 N–H and O–H groups in total. The van der Waals surface area contributed by atoms with Gasteiger partial charge in [-0.3, -0.25) is 9.36 Å². The molecule has 1 fully saturated rings. The van der Waals surface area contributed by atoms with Crippen LogP contribution in [0.5, 0.6) is 0 Å². The molecule has 0 radical (unpaired) electrons. The summed E-state index contributed by atoms with van der Waals surface area (Å²) < 4.78 is 38.4. The fourth-order valence-electron chi connectivity index (χ4n) is 3.12. The van der Waals surface area contributed by atoms with Crippen molar-refractivity contribution in [3.05, 3.63) is 36.2 Å². The van der Waals surface area contributed by atoms with Crippen molar-refractivity contribution in [2.45, 2.75) is 50.9 Å². The Bertz CT molecular complexity index is 769. The van der Waals surface area contributed by atoms with E-state index >= 15 is 0 Å². The Morgan fingerprint density at radius 3 is 2.56 bits per heavy atom. The molecule has 2 aromatic rings. The summed E-state index contributed by atoms with van der Waals surface area (Å²) >= 11 is 0. The van der Waals surface area contributed by atoms with Crippen LogP contribution in [0, 0.1) is 6.92 Å². The molecule has 1 saturated carbocycles. The number of imidazole rings is 1. The van der Waals surface area contributed by atoms with Gasteiger partial charge in [0.05, 0.1) is 6.54 Å². The molecule has 1 aliphatic carbocycles. The van der Waals surface area contributed by atoms with Gasteiger partial charge in [-0.15, -0.1) is 0 Å². The standard InChI is InChI=1S/C17H21F3N6O/c1-11-8-14(25-16(23-11)26-7-6-21-10-26)15(27)24-13-4-2-12(3-5-13)22-9-17(18,19)20/h6-8,10,12-13,22H,2-5,9H2,1H3,(H,24,27)/t12-,13-. The highest BCUT2D eigenvalue weighted by Crippen LogP contribution is 2.21. The van der Waals surface area contributed by atoms with Crippen LogP contribution < -0.4 is 10.6 Å². The first-order chi connectivity index (χ1) is 12.8. The summed E-state index contributed by atoms with van der Waals surface area (Å²) in [4.78, 5) is 25.0. The first-order valence-corrected chi connectivity index (χ1v) is 8.75. The van der Waals surface area contributed by atoms with Crippen LogP contribution in [0.4, 0.5) is 13.2 Å². The summed E-state index contributed by atoms with van der Waals surface area (Å²) in [6.07, 6.45) is 3.05. The molecule has 27 heavy (non-hydrogen) atoms. The number of hydrogen-bond donors (Lipinski definition) is 2. The summed E-state index contributed by atoms with van der Waals surface area (Å²) in [6.45, 7) is 0.794. The molecule has 0 bridgehead atoms. The van der Waals surface area contributed by atoms with Crippen LogP contribution in [-0.4, -0.2) is 50.2 Å². The predicted octanol–water partition coefficient (Wildman–Crippen LogP) is 2.16. The lowest BCUT2D eigenvalue weighted by Crippen LogP contribution is -2.44. The van der Waals surface area contributed by atoms with Gasteiger partial charge < -0.3 is 10.6 Å². The Balaban J connectivity index is 1.56. The molecule has 0 spiro atoms. The average Bonchev–Trinajstić information content (AvgIpc) is 3.14. The number of nitrogens with one attached hydrogen (secondary N) is 2. The Labute approximate surface area is 154 Å². The Kier molecular flexibility index (Phi) is 5.73. The van der Waals surface area contributed by atoms with Gasteiger partial charge in [0.2, 0.25) is 5.95 Å². The topological polar surface area (TPSA) is 84.7 Å². The van der Waals surface area contributed by atoms with Crippen molar-refractivity contribution in [3.8, 4) is 5.95 Å². The lowest BCUT2D eigenvalue weighted by Gasteiger charge is -2.30. The molecule has 0 aromatic carbocycles. The minimum absolute atomic E-state index is 0.0756. The van der Waals surface area contributed by atoms with Crippen molar-refractivity contribution in [3.63, 3.8) is 0 Å². The lowest BCUT2D eigenvalue weighted by molar-refractivity contribution is -0.126. The Morgan fingerprint density at radius 2 is 1.93 bits per heavy atom. The second-order valence-electron chi connectivity index (χ2n) is 6.68. The third kappa shape index (κ3) is 5.49. The van der Waals surface area contributed by atoms with E-state index in [2.05, 4.69) is 25.6 Å². The highest BCUT2D eigenvalue weighted by molar-refractivity contribution is 5.92. The van der Waals surface area contributed by atoms with Crippen molar-refractivity contribution in [2.24, 2.45) is 0 Å². The van der Waals surface area contributed by atoms with Crippen LogP contribution in [0.3, 0.4) is 0 Å². The van der Waals surface area contributed by atoms with Gasteiger partial charge in [-0.25, -0.2) is 15.0 Å². The third-order valence-electron chi connectivity index (χ3n) is 4.46.